The predicted molar refractivity (Wildman–Crippen MR) is 69.3 cm³/mol. The number of hydrogen-bond donors (Lipinski definition) is 1. The van der Waals surface area contributed by atoms with E-state index < -0.39 is 0 Å². The van der Waals surface area contributed by atoms with Gasteiger partial charge in [0.15, 0.2) is 0 Å². The Kier molecular flexibility index (Phi) is 3.09. The van der Waals surface area contributed by atoms with E-state index in [1.54, 1.807) is 0 Å². The van der Waals surface area contributed by atoms with Crippen LogP contribution in [0, 0.1) is 11.3 Å². The molecule has 0 amide bonds. The first-order valence-corrected chi connectivity index (χ1v) is 5.80. The molecule has 0 spiro atoms. The molecule has 0 aliphatic heterocycles. The van der Waals surface area contributed by atoms with Gasteiger partial charge in [-0.25, -0.2) is 0 Å². The third-order valence-corrected chi connectivity index (χ3v) is 2.92. The van der Waals surface area contributed by atoms with Crippen LogP contribution < -0.4 is 0 Å². The van der Waals surface area contributed by atoms with Crippen molar-refractivity contribution < 1.29 is 0 Å². The van der Waals surface area contributed by atoms with Crippen LogP contribution in [0.2, 0.25) is 0 Å². The van der Waals surface area contributed by atoms with Crippen molar-refractivity contribution in [1.29, 1.82) is 5.41 Å². The fourth-order valence-corrected chi connectivity index (χ4v) is 1.97. The van der Waals surface area contributed by atoms with Crippen molar-refractivity contribution in [1.82, 2.24) is 4.57 Å². The predicted octanol–water partition coefficient (Wildman–Crippen LogP) is 3.69. The highest BCUT2D eigenvalue weighted by molar-refractivity contribution is 5.98. The van der Waals surface area contributed by atoms with Crippen LogP contribution in [0.1, 0.15) is 25.8 Å². The Hall–Kier alpha value is -1.57. The summed E-state index contributed by atoms with van der Waals surface area (Å²) in [6.07, 6.45) is 4.70. The van der Waals surface area contributed by atoms with Gasteiger partial charge in [0.2, 0.25) is 0 Å². The fourth-order valence-electron chi connectivity index (χ4n) is 1.97. The molecule has 2 heteroatoms. The standard InChI is InChI=1S/C14H18N2/c1-11(2)7-8-16-10-12(9-15)13-5-3-4-6-14(13)16/h3-6,9-11,15H,7-8H2,1-2H3. The summed E-state index contributed by atoms with van der Waals surface area (Å²) in [5, 5.41) is 8.60. The molecule has 0 saturated carbocycles. The molecular formula is C14H18N2. The summed E-state index contributed by atoms with van der Waals surface area (Å²) in [5.74, 6) is 0.713. The Morgan fingerprint density at radius 1 is 1.31 bits per heavy atom. The van der Waals surface area contributed by atoms with Gasteiger partial charge in [-0.15, -0.1) is 0 Å². The van der Waals surface area contributed by atoms with E-state index in [4.69, 9.17) is 5.41 Å². The molecule has 16 heavy (non-hydrogen) atoms. The van der Waals surface area contributed by atoms with Crippen molar-refractivity contribution >= 4 is 17.1 Å². The topological polar surface area (TPSA) is 28.8 Å². The van der Waals surface area contributed by atoms with E-state index >= 15 is 0 Å². The van der Waals surface area contributed by atoms with Gasteiger partial charge in [-0.1, -0.05) is 32.0 Å². The third kappa shape index (κ3) is 2.01. The van der Waals surface area contributed by atoms with Gasteiger partial charge in [-0.3, -0.25) is 0 Å². The maximum atomic E-state index is 7.42. The summed E-state index contributed by atoms with van der Waals surface area (Å²) in [4.78, 5) is 0. The monoisotopic (exact) mass is 214 g/mol. The molecule has 0 fully saturated rings. The van der Waals surface area contributed by atoms with E-state index in [1.807, 2.05) is 6.07 Å². The zero-order chi connectivity index (χ0) is 11.5. The van der Waals surface area contributed by atoms with Crippen molar-refractivity contribution in [2.24, 2.45) is 5.92 Å². The van der Waals surface area contributed by atoms with E-state index in [-0.39, 0.29) is 0 Å². The van der Waals surface area contributed by atoms with Gasteiger partial charge in [0.25, 0.3) is 0 Å². The summed E-state index contributed by atoms with van der Waals surface area (Å²) in [5.41, 5.74) is 2.25. The van der Waals surface area contributed by atoms with Crippen LogP contribution in [0.3, 0.4) is 0 Å². The van der Waals surface area contributed by atoms with Crippen molar-refractivity contribution in [2.45, 2.75) is 26.8 Å². The fraction of sp³-hybridized carbons (Fsp3) is 0.357. The molecule has 84 valence electrons. The number of para-hydroxylation sites is 1. The molecular weight excluding hydrogens is 196 g/mol. The number of aromatic nitrogens is 1. The van der Waals surface area contributed by atoms with Crippen LogP contribution >= 0.6 is 0 Å². The number of hydrogen-bond acceptors (Lipinski definition) is 1. The minimum atomic E-state index is 0.713. The van der Waals surface area contributed by atoms with Gasteiger partial charge in [0, 0.05) is 35.4 Å². The first-order valence-electron chi connectivity index (χ1n) is 5.80. The quantitative estimate of drug-likeness (QED) is 0.752. The number of benzene rings is 1. The van der Waals surface area contributed by atoms with Crippen molar-refractivity contribution in [3.8, 4) is 0 Å². The Morgan fingerprint density at radius 2 is 2.06 bits per heavy atom. The zero-order valence-corrected chi connectivity index (χ0v) is 9.90. The molecule has 0 aliphatic rings. The highest BCUT2D eigenvalue weighted by Gasteiger charge is 2.06. The van der Waals surface area contributed by atoms with E-state index in [9.17, 15) is 0 Å². The molecule has 0 saturated heterocycles. The zero-order valence-electron chi connectivity index (χ0n) is 9.90. The van der Waals surface area contributed by atoms with Gasteiger partial charge in [-0.05, 0) is 18.4 Å². The number of nitrogens with zero attached hydrogens (tertiary/aromatic N) is 1. The third-order valence-electron chi connectivity index (χ3n) is 2.92. The minimum Gasteiger partial charge on any atom is -0.347 e. The first-order chi connectivity index (χ1) is 7.72. The second-order valence-electron chi connectivity index (χ2n) is 4.62. The molecule has 0 aliphatic carbocycles. The Morgan fingerprint density at radius 3 is 2.75 bits per heavy atom. The molecule has 1 aromatic heterocycles. The largest absolute Gasteiger partial charge is 0.347 e. The molecule has 2 rings (SSSR count). The van der Waals surface area contributed by atoms with Crippen molar-refractivity contribution in [2.75, 3.05) is 0 Å². The lowest BCUT2D eigenvalue weighted by Crippen LogP contribution is -1.99. The lowest BCUT2D eigenvalue weighted by Gasteiger charge is -2.07. The first kappa shape index (κ1) is 10.9. The van der Waals surface area contributed by atoms with E-state index in [0.717, 1.165) is 12.1 Å². The Labute approximate surface area is 96.4 Å². The van der Waals surface area contributed by atoms with Crippen LogP contribution in [0.15, 0.2) is 30.5 Å². The van der Waals surface area contributed by atoms with Crippen LogP contribution in [-0.4, -0.2) is 10.8 Å². The molecule has 1 heterocycles. The molecule has 1 aromatic carbocycles. The van der Waals surface area contributed by atoms with Gasteiger partial charge in [0.1, 0.15) is 0 Å². The minimum absolute atomic E-state index is 0.713. The summed E-state index contributed by atoms with van der Waals surface area (Å²) < 4.78 is 2.26. The SMILES string of the molecule is CC(C)CCn1cc(C=N)c2ccccc21. The van der Waals surface area contributed by atoms with E-state index in [1.165, 1.54) is 23.5 Å². The maximum Gasteiger partial charge on any atom is 0.0487 e. The normalized spacial score (nSPS) is 11.2. The molecule has 1 N–H and O–H groups in total. The van der Waals surface area contributed by atoms with Crippen LogP contribution in [-0.2, 0) is 6.54 Å². The number of rotatable bonds is 4. The number of nitrogens with one attached hydrogen (secondary N) is 1. The second-order valence-corrected chi connectivity index (χ2v) is 4.62. The van der Waals surface area contributed by atoms with Gasteiger partial charge in [0.05, 0.1) is 0 Å². The number of aryl methyl sites for hydroxylation is 1. The van der Waals surface area contributed by atoms with Crippen LogP contribution in [0.25, 0.3) is 10.9 Å². The molecule has 0 unspecified atom stereocenters. The van der Waals surface area contributed by atoms with Crippen molar-refractivity contribution in [3.63, 3.8) is 0 Å². The van der Waals surface area contributed by atoms with Gasteiger partial charge < -0.3 is 9.98 Å². The lowest BCUT2D eigenvalue weighted by atomic mass is 10.1. The van der Waals surface area contributed by atoms with Gasteiger partial charge in [-0.2, -0.15) is 0 Å². The van der Waals surface area contributed by atoms with Crippen LogP contribution in [0.5, 0.6) is 0 Å². The highest BCUT2D eigenvalue weighted by atomic mass is 15.0. The molecule has 2 aromatic rings. The molecule has 0 atom stereocenters. The van der Waals surface area contributed by atoms with Crippen molar-refractivity contribution in [3.05, 3.63) is 36.0 Å². The van der Waals surface area contributed by atoms with Crippen LogP contribution in [0.4, 0.5) is 0 Å². The Balaban J connectivity index is 2.41. The summed E-state index contributed by atoms with van der Waals surface area (Å²) in [7, 11) is 0. The highest BCUT2D eigenvalue weighted by Crippen LogP contribution is 2.20. The smallest absolute Gasteiger partial charge is 0.0487 e. The van der Waals surface area contributed by atoms with E-state index in [2.05, 4.69) is 42.8 Å². The maximum absolute atomic E-state index is 7.42. The summed E-state index contributed by atoms with van der Waals surface area (Å²) in [6.45, 7) is 5.51. The average molecular weight is 214 g/mol. The lowest BCUT2D eigenvalue weighted by molar-refractivity contribution is 0.524. The molecule has 0 radical (unpaired) electrons. The molecule has 0 bridgehead atoms. The average Bonchev–Trinajstić information content (AvgIpc) is 2.65. The van der Waals surface area contributed by atoms with Gasteiger partial charge >= 0.3 is 0 Å². The second kappa shape index (κ2) is 4.52. The molecule has 2 nitrogen and oxygen atoms in total. The van der Waals surface area contributed by atoms with E-state index in [0.29, 0.717) is 5.92 Å². The summed E-state index contributed by atoms with van der Waals surface area (Å²) in [6, 6.07) is 8.30. The number of fused-ring (bicyclic) bond motifs is 1. The Bertz CT molecular complexity index is 494. The summed E-state index contributed by atoms with van der Waals surface area (Å²) >= 11 is 0.